The van der Waals surface area contributed by atoms with E-state index >= 15 is 0 Å². The Morgan fingerprint density at radius 1 is 1.41 bits per heavy atom. The number of thioether (sulfide) groups is 2. The number of carbonyl (C=O) groups excluding carboxylic acids is 1. The van der Waals surface area contributed by atoms with Crippen LogP contribution in [-0.4, -0.2) is 41.0 Å². The molecule has 0 aromatic heterocycles. The monoisotopic (exact) mass is 336 g/mol. The van der Waals surface area contributed by atoms with Gasteiger partial charge < -0.3 is 9.64 Å². The first-order valence-electron chi connectivity index (χ1n) is 7.50. The van der Waals surface area contributed by atoms with Gasteiger partial charge in [-0.1, -0.05) is 35.7 Å². The smallest absolute Gasteiger partial charge is 0.240 e. The second-order valence-corrected chi connectivity index (χ2v) is 7.92. The molecule has 1 fully saturated rings. The van der Waals surface area contributed by atoms with Gasteiger partial charge in [-0.25, -0.2) is 0 Å². The van der Waals surface area contributed by atoms with Gasteiger partial charge in [-0.15, -0.1) is 0 Å². The van der Waals surface area contributed by atoms with Crippen LogP contribution in [0.25, 0.3) is 0 Å². The number of ether oxygens (including phenoxy) is 1. The molecule has 0 radical (unpaired) electrons. The Hall–Kier alpha value is -1.14. The van der Waals surface area contributed by atoms with Crippen LogP contribution in [-0.2, 0) is 4.79 Å². The number of hydrogen-bond acceptors (Lipinski definition) is 5. The molecule has 1 aromatic carbocycles. The maximum Gasteiger partial charge on any atom is 0.240 e. The van der Waals surface area contributed by atoms with Crippen LogP contribution < -0.4 is 9.64 Å². The van der Waals surface area contributed by atoms with Crippen molar-refractivity contribution in [2.45, 2.75) is 31.1 Å². The standard InChI is InChI=1S/C16H20N2O2S2/c1-11-10-21-16(17-11)22-14-8-5-9-18(15(14)19)12-6-3-4-7-13(12)20-2/h3-4,6-7,11,14H,5,8-10H2,1-2H3/t11-,14-/m0/s1. The van der Waals surface area contributed by atoms with E-state index in [2.05, 4.69) is 11.9 Å². The van der Waals surface area contributed by atoms with Crippen molar-refractivity contribution in [2.75, 3.05) is 24.3 Å². The van der Waals surface area contributed by atoms with Gasteiger partial charge in [0.15, 0.2) is 0 Å². The van der Waals surface area contributed by atoms with Crippen molar-refractivity contribution in [1.29, 1.82) is 0 Å². The fourth-order valence-corrected chi connectivity index (χ4v) is 5.21. The highest BCUT2D eigenvalue weighted by Crippen LogP contribution is 2.36. The summed E-state index contributed by atoms with van der Waals surface area (Å²) in [5, 5.41) is -0.0322. The molecule has 0 unspecified atom stereocenters. The maximum atomic E-state index is 12.8. The molecular weight excluding hydrogens is 316 g/mol. The lowest BCUT2D eigenvalue weighted by molar-refractivity contribution is -0.119. The SMILES string of the molecule is COc1ccccc1N1CCC[C@H](SC2=N[C@@H](C)CS2)C1=O. The normalized spacial score (nSPS) is 25.3. The quantitative estimate of drug-likeness (QED) is 0.848. The number of benzene rings is 1. The molecule has 2 aliphatic rings. The number of anilines is 1. The summed E-state index contributed by atoms with van der Waals surface area (Å²) in [7, 11) is 1.64. The zero-order valence-electron chi connectivity index (χ0n) is 12.8. The molecule has 6 heteroatoms. The molecule has 2 atom stereocenters. The molecule has 22 heavy (non-hydrogen) atoms. The lowest BCUT2D eigenvalue weighted by Gasteiger charge is -2.32. The zero-order valence-corrected chi connectivity index (χ0v) is 14.5. The van der Waals surface area contributed by atoms with E-state index in [1.165, 1.54) is 0 Å². The Morgan fingerprint density at radius 2 is 2.23 bits per heavy atom. The van der Waals surface area contributed by atoms with E-state index in [0.29, 0.717) is 6.04 Å². The number of piperidine rings is 1. The summed E-state index contributed by atoms with van der Waals surface area (Å²) in [6.45, 7) is 2.87. The number of amides is 1. The minimum absolute atomic E-state index is 0.0322. The van der Waals surface area contributed by atoms with Crippen molar-refractivity contribution in [3.05, 3.63) is 24.3 Å². The molecule has 0 spiro atoms. The Balaban J connectivity index is 1.76. The van der Waals surface area contributed by atoms with Crippen LogP contribution in [0.3, 0.4) is 0 Å². The molecule has 0 aliphatic carbocycles. The molecule has 0 N–H and O–H groups in total. The summed E-state index contributed by atoms with van der Waals surface area (Å²) >= 11 is 3.40. The van der Waals surface area contributed by atoms with Gasteiger partial charge >= 0.3 is 0 Å². The minimum Gasteiger partial charge on any atom is -0.495 e. The molecule has 1 saturated heterocycles. The lowest BCUT2D eigenvalue weighted by atomic mass is 10.1. The molecule has 0 bridgehead atoms. The van der Waals surface area contributed by atoms with Gasteiger partial charge in [0, 0.05) is 12.3 Å². The van der Waals surface area contributed by atoms with Crippen LogP contribution >= 0.6 is 23.5 Å². The van der Waals surface area contributed by atoms with E-state index in [0.717, 1.165) is 41.0 Å². The average Bonchev–Trinajstić information content (AvgIpc) is 2.94. The number of nitrogens with zero attached hydrogens (tertiary/aromatic N) is 2. The fraction of sp³-hybridized carbons (Fsp3) is 0.500. The highest BCUT2D eigenvalue weighted by atomic mass is 32.2. The van der Waals surface area contributed by atoms with E-state index < -0.39 is 0 Å². The van der Waals surface area contributed by atoms with Gasteiger partial charge in [0.05, 0.1) is 24.1 Å². The summed E-state index contributed by atoms with van der Waals surface area (Å²) in [4.78, 5) is 19.3. The topological polar surface area (TPSA) is 41.9 Å². The van der Waals surface area contributed by atoms with Gasteiger partial charge in [0.2, 0.25) is 5.91 Å². The van der Waals surface area contributed by atoms with Crippen LogP contribution in [0.5, 0.6) is 5.75 Å². The van der Waals surface area contributed by atoms with E-state index in [1.54, 1.807) is 30.6 Å². The van der Waals surface area contributed by atoms with Gasteiger partial charge in [-0.05, 0) is 31.9 Å². The first kappa shape index (κ1) is 15.7. The molecule has 3 rings (SSSR count). The third-order valence-corrected chi connectivity index (χ3v) is 6.45. The van der Waals surface area contributed by atoms with Crippen LogP contribution in [0.4, 0.5) is 5.69 Å². The van der Waals surface area contributed by atoms with Crippen molar-refractivity contribution in [3.8, 4) is 5.75 Å². The average molecular weight is 336 g/mol. The highest BCUT2D eigenvalue weighted by molar-refractivity contribution is 8.39. The number of para-hydroxylation sites is 2. The van der Waals surface area contributed by atoms with Crippen molar-refractivity contribution in [3.63, 3.8) is 0 Å². The summed E-state index contributed by atoms with van der Waals surface area (Å²) in [6.07, 6.45) is 1.93. The van der Waals surface area contributed by atoms with Crippen LogP contribution in [0.2, 0.25) is 0 Å². The van der Waals surface area contributed by atoms with E-state index in [4.69, 9.17) is 4.74 Å². The van der Waals surface area contributed by atoms with Crippen molar-refractivity contribution < 1.29 is 9.53 Å². The number of rotatable bonds is 3. The second-order valence-electron chi connectivity index (χ2n) is 5.47. The van der Waals surface area contributed by atoms with Crippen LogP contribution in [0.1, 0.15) is 19.8 Å². The molecule has 1 aromatic rings. The highest BCUT2D eigenvalue weighted by Gasteiger charge is 2.33. The predicted molar refractivity (Wildman–Crippen MR) is 95.3 cm³/mol. The van der Waals surface area contributed by atoms with Crippen LogP contribution in [0.15, 0.2) is 29.3 Å². The fourth-order valence-electron chi connectivity index (χ4n) is 2.68. The Bertz CT molecular complexity index is 591. The summed E-state index contributed by atoms with van der Waals surface area (Å²) in [5.74, 6) is 1.95. The van der Waals surface area contributed by atoms with Crippen molar-refractivity contribution in [1.82, 2.24) is 0 Å². The number of methoxy groups -OCH3 is 1. The lowest BCUT2D eigenvalue weighted by Crippen LogP contribution is -2.43. The number of hydrogen-bond donors (Lipinski definition) is 0. The van der Waals surface area contributed by atoms with Crippen molar-refractivity contribution >= 4 is 39.5 Å². The molecule has 0 saturated carbocycles. The first-order chi connectivity index (χ1) is 10.7. The van der Waals surface area contributed by atoms with Gasteiger partial charge in [-0.3, -0.25) is 9.79 Å². The summed E-state index contributed by atoms with van der Waals surface area (Å²) in [6, 6.07) is 8.09. The van der Waals surface area contributed by atoms with Gasteiger partial charge in [0.25, 0.3) is 0 Å². The second kappa shape index (κ2) is 6.96. The van der Waals surface area contributed by atoms with E-state index in [-0.39, 0.29) is 11.2 Å². The van der Waals surface area contributed by atoms with E-state index in [9.17, 15) is 4.79 Å². The predicted octanol–water partition coefficient (Wildman–Crippen LogP) is 3.42. The molecule has 2 heterocycles. The number of aliphatic imine (C=N–C) groups is 1. The molecule has 4 nitrogen and oxygen atoms in total. The Morgan fingerprint density at radius 3 is 2.95 bits per heavy atom. The Kier molecular flexibility index (Phi) is 4.98. The first-order valence-corrected chi connectivity index (χ1v) is 9.37. The minimum atomic E-state index is -0.0322. The van der Waals surface area contributed by atoms with E-state index in [1.807, 2.05) is 29.2 Å². The van der Waals surface area contributed by atoms with Gasteiger partial charge in [0.1, 0.15) is 10.1 Å². The third kappa shape index (κ3) is 3.27. The third-order valence-electron chi connectivity index (χ3n) is 3.78. The van der Waals surface area contributed by atoms with Gasteiger partial charge in [-0.2, -0.15) is 0 Å². The molecule has 118 valence electrons. The van der Waals surface area contributed by atoms with Crippen LogP contribution in [0, 0.1) is 0 Å². The maximum absolute atomic E-state index is 12.8. The van der Waals surface area contributed by atoms with Crippen molar-refractivity contribution in [2.24, 2.45) is 4.99 Å². The summed E-state index contributed by atoms with van der Waals surface area (Å²) in [5.41, 5.74) is 0.870. The number of carbonyl (C=O) groups is 1. The zero-order chi connectivity index (χ0) is 15.5. The molecular formula is C16H20N2O2S2. The molecule has 2 aliphatic heterocycles. The summed E-state index contributed by atoms with van der Waals surface area (Å²) < 4.78 is 6.46. The molecule has 1 amide bonds. The Labute approximate surface area is 139 Å². The largest absolute Gasteiger partial charge is 0.495 e.